The van der Waals surface area contributed by atoms with Crippen molar-refractivity contribution in [2.75, 3.05) is 19.6 Å². The molecular formula is C9H18N2. The Labute approximate surface area is 69.1 Å². The van der Waals surface area contributed by atoms with E-state index < -0.39 is 0 Å². The molecule has 2 heteroatoms. The third-order valence-electron chi connectivity index (χ3n) is 2.33. The molecule has 0 aliphatic carbocycles. The molecule has 1 atom stereocenters. The third-order valence-corrected chi connectivity index (χ3v) is 2.33. The Bertz CT molecular complexity index is 132. The molecule has 2 N–H and O–H groups in total. The van der Waals surface area contributed by atoms with Crippen LogP contribution in [0.1, 0.15) is 19.8 Å². The van der Waals surface area contributed by atoms with E-state index in [1.807, 2.05) is 6.08 Å². The largest absolute Gasteiger partial charge is 0.327 e. The van der Waals surface area contributed by atoms with Crippen LogP contribution < -0.4 is 5.73 Å². The van der Waals surface area contributed by atoms with Gasteiger partial charge in [-0.15, -0.1) is 0 Å². The van der Waals surface area contributed by atoms with Crippen molar-refractivity contribution < 1.29 is 0 Å². The molecule has 0 aromatic heterocycles. The van der Waals surface area contributed by atoms with E-state index in [2.05, 4.69) is 17.9 Å². The molecule has 1 aliphatic rings. The highest BCUT2D eigenvalue weighted by Gasteiger charge is 2.17. The molecule has 1 saturated heterocycles. The fraction of sp³-hybridized carbons (Fsp3) is 0.778. The lowest BCUT2D eigenvalue weighted by Crippen LogP contribution is -2.26. The third kappa shape index (κ3) is 2.64. The molecule has 1 rings (SSSR count). The first-order valence-electron chi connectivity index (χ1n) is 4.43. The molecule has 2 nitrogen and oxygen atoms in total. The maximum absolute atomic E-state index is 5.34. The van der Waals surface area contributed by atoms with Crippen molar-refractivity contribution in [2.45, 2.75) is 25.8 Å². The van der Waals surface area contributed by atoms with Crippen molar-refractivity contribution in [3.8, 4) is 0 Å². The van der Waals surface area contributed by atoms with Gasteiger partial charge in [0, 0.05) is 19.1 Å². The van der Waals surface area contributed by atoms with Crippen molar-refractivity contribution in [1.29, 1.82) is 0 Å². The van der Waals surface area contributed by atoms with E-state index in [9.17, 15) is 0 Å². The topological polar surface area (TPSA) is 29.3 Å². The molecule has 1 unspecified atom stereocenters. The Morgan fingerprint density at radius 3 is 2.91 bits per heavy atom. The predicted octanol–water partition coefficient (Wildman–Crippen LogP) is 0.986. The van der Waals surface area contributed by atoms with Gasteiger partial charge in [0.1, 0.15) is 0 Å². The number of hydrogen-bond acceptors (Lipinski definition) is 2. The minimum atomic E-state index is 0.669. The zero-order valence-corrected chi connectivity index (χ0v) is 7.29. The molecule has 11 heavy (non-hydrogen) atoms. The normalized spacial score (nSPS) is 26.9. The summed E-state index contributed by atoms with van der Waals surface area (Å²) in [7, 11) is 0. The van der Waals surface area contributed by atoms with Gasteiger partial charge in [-0.05, 0) is 26.3 Å². The number of rotatable bonds is 3. The fourth-order valence-electron chi connectivity index (χ4n) is 1.57. The predicted molar refractivity (Wildman–Crippen MR) is 48.5 cm³/mol. The van der Waals surface area contributed by atoms with Gasteiger partial charge in [0.25, 0.3) is 0 Å². The summed E-state index contributed by atoms with van der Waals surface area (Å²) in [6.45, 7) is 5.31. The lowest BCUT2D eigenvalue weighted by Gasteiger charge is -2.18. The minimum Gasteiger partial charge on any atom is -0.327 e. The van der Waals surface area contributed by atoms with Crippen LogP contribution in [0, 0.1) is 0 Å². The van der Waals surface area contributed by atoms with Crippen LogP contribution in [0.5, 0.6) is 0 Å². The lowest BCUT2D eigenvalue weighted by atomic mass is 10.2. The summed E-state index contributed by atoms with van der Waals surface area (Å²) in [6, 6.07) is 0.775. The fourth-order valence-corrected chi connectivity index (χ4v) is 1.57. The van der Waals surface area contributed by atoms with Crippen molar-refractivity contribution in [1.82, 2.24) is 4.90 Å². The molecule has 0 amide bonds. The Balaban J connectivity index is 2.20. The summed E-state index contributed by atoms with van der Waals surface area (Å²) in [5.74, 6) is 0. The van der Waals surface area contributed by atoms with E-state index >= 15 is 0 Å². The Morgan fingerprint density at radius 1 is 1.55 bits per heavy atom. The molecule has 0 aromatic carbocycles. The molecule has 1 heterocycles. The van der Waals surface area contributed by atoms with Gasteiger partial charge in [-0.2, -0.15) is 0 Å². The monoisotopic (exact) mass is 154 g/mol. The number of nitrogens with two attached hydrogens (primary N) is 1. The summed E-state index contributed by atoms with van der Waals surface area (Å²) >= 11 is 0. The Kier molecular flexibility index (Phi) is 3.60. The first-order chi connectivity index (χ1) is 5.34. The zero-order valence-electron chi connectivity index (χ0n) is 7.29. The van der Waals surface area contributed by atoms with Gasteiger partial charge in [0.2, 0.25) is 0 Å². The average Bonchev–Trinajstić information content (AvgIpc) is 2.37. The number of nitrogens with zero attached hydrogens (tertiary/aromatic N) is 1. The molecule has 64 valence electrons. The van der Waals surface area contributed by atoms with Crippen LogP contribution in [0.4, 0.5) is 0 Å². The maximum atomic E-state index is 5.34. The Hall–Kier alpha value is -0.340. The second-order valence-electron chi connectivity index (χ2n) is 3.19. The molecular weight excluding hydrogens is 136 g/mol. The molecule has 1 fully saturated rings. The molecule has 0 bridgehead atoms. The van der Waals surface area contributed by atoms with Crippen LogP contribution in [-0.4, -0.2) is 30.6 Å². The SMILES string of the molecule is CC1CCCN1C/C=C/CN. The van der Waals surface area contributed by atoms with E-state index in [-0.39, 0.29) is 0 Å². The van der Waals surface area contributed by atoms with E-state index in [1.54, 1.807) is 0 Å². The van der Waals surface area contributed by atoms with E-state index in [1.165, 1.54) is 19.4 Å². The molecule has 0 aromatic rings. The molecule has 0 radical (unpaired) electrons. The highest BCUT2D eigenvalue weighted by atomic mass is 15.2. The molecule has 1 aliphatic heterocycles. The van der Waals surface area contributed by atoms with Gasteiger partial charge in [-0.1, -0.05) is 12.2 Å². The molecule has 0 saturated carbocycles. The van der Waals surface area contributed by atoms with Crippen LogP contribution in [-0.2, 0) is 0 Å². The minimum absolute atomic E-state index is 0.669. The van der Waals surface area contributed by atoms with Gasteiger partial charge >= 0.3 is 0 Å². The van der Waals surface area contributed by atoms with Crippen LogP contribution >= 0.6 is 0 Å². The second-order valence-corrected chi connectivity index (χ2v) is 3.19. The van der Waals surface area contributed by atoms with Gasteiger partial charge < -0.3 is 5.73 Å². The summed E-state index contributed by atoms with van der Waals surface area (Å²) in [6.07, 6.45) is 6.92. The molecule has 0 spiro atoms. The van der Waals surface area contributed by atoms with Crippen LogP contribution in [0.15, 0.2) is 12.2 Å². The van der Waals surface area contributed by atoms with Crippen molar-refractivity contribution in [3.63, 3.8) is 0 Å². The van der Waals surface area contributed by atoms with Crippen molar-refractivity contribution in [2.24, 2.45) is 5.73 Å². The van der Waals surface area contributed by atoms with E-state index in [4.69, 9.17) is 5.73 Å². The number of likely N-dealkylation sites (tertiary alicyclic amines) is 1. The van der Waals surface area contributed by atoms with E-state index in [0.717, 1.165) is 12.6 Å². The standard InChI is InChI=1S/C9H18N2/c1-9-5-4-8-11(9)7-3-2-6-10/h2-3,9H,4-8,10H2,1H3/b3-2+. The van der Waals surface area contributed by atoms with Gasteiger partial charge in [-0.3, -0.25) is 4.90 Å². The summed E-state index contributed by atoms with van der Waals surface area (Å²) in [5.41, 5.74) is 5.34. The van der Waals surface area contributed by atoms with Crippen molar-refractivity contribution in [3.05, 3.63) is 12.2 Å². The highest BCUT2D eigenvalue weighted by molar-refractivity contribution is 4.88. The Morgan fingerprint density at radius 2 is 2.36 bits per heavy atom. The van der Waals surface area contributed by atoms with Crippen LogP contribution in [0.3, 0.4) is 0 Å². The quantitative estimate of drug-likeness (QED) is 0.614. The zero-order chi connectivity index (χ0) is 8.10. The van der Waals surface area contributed by atoms with Gasteiger partial charge in [-0.25, -0.2) is 0 Å². The van der Waals surface area contributed by atoms with Gasteiger partial charge in [0.15, 0.2) is 0 Å². The van der Waals surface area contributed by atoms with Crippen LogP contribution in [0.25, 0.3) is 0 Å². The highest BCUT2D eigenvalue weighted by Crippen LogP contribution is 2.15. The summed E-state index contributed by atoms with van der Waals surface area (Å²) in [5, 5.41) is 0. The van der Waals surface area contributed by atoms with Crippen LogP contribution in [0.2, 0.25) is 0 Å². The lowest BCUT2D eigenvalue weighted by molar-refractivity contribution is 0.298. The average molecular weight is 154 g/mol. The van der Waals surface area contributed by atoms with E-state index in [0.29, 0.717) is 6.54 Å². The smallest absolute Gasteiger partial charge is 0.0166 e. The first-order valence-corrected chi connectivity index (χ1v) is 4.43. The first kappa shape index (κ1) is 8.75. The van der Waals surface area contributed by atoms with Crippen molar-refractivity contribution >= 4 is 0 Å². The maximum Gasteiger partial charge on any atom is 0.0166 e. The summed E-state index contributed by atoms with van der Waals surface area (Å²) in [4.78, 5) is 2.49. The summed E-state index contributed by atoms with van der Waals surface area (Å²) < 4.78 is 0. The second kappa shape index (κ2) is 4.52. The number of hydrogen-bond donors (Lipinski definition) is 1. The van der Waals surface area contributed by atoms with Gasteiger partial charge in [0.05, 0.1) is 0 Å².